The van der Waals surface area contributed by atoms with Crippen molar-refractivity contribution in [2.45, 2.75) is 38.8 Å². The van der Waals surface area contributed by atoms with Crippen molar-refractivity contribution in [1.29, 1.82) is 0 Å². The fourth-order valence-electron chi connectivity index (χ4n) is 1.56. The molecule has 1 N–H and O–H groups in total. The van der Waals surface area contributed by atoms with E-state index in [0.29, 0.717) is 6.04 Å². The summed E-state index contributed by atoms with van der Waals surface area (Å²) < 4.78 is 5.40. The normalized spacial score (nSPS) is 15.1. The Morgan fingerprint density at radius 2 is 2.33 bits per heavy atom. The molecule has 0 saturated carbocycles. The van der Waals surface area contributed by atoms with Gasteiger partial charge in [-0.05, 0) is 48.7 Å². The average molecular weight is 227 g/mol. The van der Waals surface area contributed by atoms with E-state index in [-0.39, 0.29) is 6.10 Å². The molecular formula is C12H21NOS. The quantitative estimate of drug-likeness (QED) is 0.773. The number of methoxy groups -OCH3 is 1. The van der Waals surface area contributed by atoms with Gasteiger partial charge in [-0.1, -0.05) is 6.92 Å². The van der Waals surface area contributed by atoms with Crippen molar-refractivity contribution >= 4 is 11.3 Å². The number of rotatable bonds is 7. The van der Waals surface area contributed by atoms with E-state index in [1.165, 1.54) is 5.56 Å². The molecule has 2 atom stereocenters. The van der Waals surface area contributed by atoms with Crippen LogP contribution in [-0.2, 0) is 11.2 Å². The summed E-state index contributed by atoms with van der Waals surface area (Å²) in [5.74, 6) is 0. The fraction of sp³-hybridized carbons (Fsp3) is 0.667. The first kappa shape index (κ1) is 12.7. The van der Waals surface area contributed by atoms with Crippen molar-refractivity contribution in [1.82, 2.24) is 5.32 Å². The zero-order valence-electron chi connectivity index (χ0n) is 9.82. The monoisotopic (exact) mass is 227 g/mol. The van der Waals surface area contributed by atoms with Gasteiger partial charge in [-0.25, -0.2) is 0 Å². The van der Waals surface area contributed by atoms with Gasteiger partial charge in [0.15, 0.2) is 0 Å². The minimum Gasteiger partial charge on any atom is -0.380 e. The van der Waals surface area contributed by atoms with Gasteiger partial charge in [0.05, 0.1) is 6.10 Å². The second-order valence-corrected chi connectivity index (χ2v) is 4.62. The SMILES string of the molecule is CCCNC(Cc1ccsc1)C(C)OC. The highest BCUT2D eigenvalue weighted by atomic mass is 32.1. The Bertz CT molecular complexity index is 248. The number of nitrogens with one attached hydrogen (secondary N) is 1. The Morgan fingerprint density at radius 1 is 1.53 bits per heavy atom. The van der Waals surface area contributed by atoms with Crippen molar-refractivity contribution in [3.8, 4) is 0 Å². The van der Waals surface area contributed by atoms with Gasteiger partial charge < -0.3 is 10.1 Å². The predicted molar refractivity (Wildman–Crippen MR) is 66.6 cm³/mol. The lowest BCUT2D eigenvalue weighted by molar-refractivity contribution is 0.0831. The van der Waals surface area contributed by atoms with Crippen LogP contribution in [0.25, 0.3) is 0 Å². The first-order valence-electron chi connectivity index (χ1n) is 5.55. The van der Waals surface area contributed by atoms with Gasteiger partial charge in [-0.15, -0.1) is 0 Å². The molecule has 0 saturated heterocycles. The molecule has 0 fully saturated rings. The van der Waals surface area contributed by atoms with Crippen LogP contribution in [0.15, 0.2) is 16.8 Å². The lowest BCUT2D eigenvalue weighted by Crippen LogP contribution is -2.41. The Morgan fingerprint density at radius 3 is 2.87 bits per heavy atom. The van der Waals surface area contributed by atoms with E-state index >= 15 is 0 Å². The molecule has 15 heavy (non-hydrogen) atoms. The third-order valence-electron chi connectivity index (χ3n) is 2.63. The van der Waals surface area contributed by atoms with Gasteiger partial charge in [-0.2, -0.15) is 11.3 Å². The molecule has 0 aliphatic heterocycles. The maximum Gasteiger partial charge on any atom is 0.0699 e. The molecule has 0 radical (unpaired) electrons. The Labute approximate surface area is 96.7 Å². The number of ether oxygens (including phenoxy) is 1. The highest BCUT2D eigenvalue weighted by Crippen LogP contribution is 2.11. The Balaban J connectivity index is 2.48. The summed E-state index contributed by atoms with van der Waals surface area (Å²) in [6.07, 6.45) is 2.48. The largest absolute Gasteiger partial charge is 0.380 e. The highest BCUT2D eigenvalue weighted by Gasteiger charge is 2.16. The molecule has 2 nitrogen and oxygen atoms in total. The molecule has 2 unspecified atom stereocenters. The van der Waals surface area contributed by atoms with Crippen LogP contribution in [0.4, 0.5) is 0 Å². The van der Waals surface area contributed by atoms with Gasteiger partial charge in [0.25, 0.3) is 0 Å². The Hall–Kier alpha value is -0.380. The Kier molecular flexibility index (Phi) is 5.91. The minimum atomic E-state index is 0.261. The first-order valence-corrected chi connectivity index (χ1v) is 6.49. The van der Waals surface area contributed by atoms with Gasteiger partial charge in [0.1, 0.15) is 0 Å². The van der Waals surface area contributed by atoms with Crippen LogP contribution in [0.1, 0.15) is 25.8 Å². The third-order valence-corrected chi connectivity index (χ3v) is 3.36. The van der Waals surface area contributed by atoms with E-state index in [1.807, 2.05) is 0 Å². The first-order chi connectivity index (χ1) is 7.27. The molecule has 1 heterocycles. The zero-order chi connectivity index (χ0) is 11.1. The van der Waals surface area contributed by atoms with Crippen LogP contribution < -0.4 is 5.32 Å². The van der Waals surface area contributed by atoms with Crippen molar-refractivity contribution in [2.75, 3.05) is 13.7 Å². The topological polar surface area (TPSA) is 21.3 Å². The summed E-state index contributed by atoms with van der Waals surface area (Å²) in [7, 11) is 1.78. The molecule has 1 rings (SSSR count). The van der Waals surface area contributed by atoms with Gasteiger partial charge in [-0.3, -0.25) is 0 Å². The lowest BCUT2D eigenvalue weighted by Gasteiger charge is -2.23. The van der Waals surface area contributed by atoms with Crippen LogP contribution in [0, 0.1) is 0 Å². The lowest BCUT2D eigenvalue weighted by atomic mass is 10.0. The van der Waals surface area contributed by atoms with Crippen LogP contribution in [-0.4, -0.2) is 25.8 Å². The number of thiophene rings is 1. The van der Waals surface area contributed by atoms with Crippen molar-refractivity contribution in [2.24, 2.45) is 0 Å². The van der Waals surface area contributed by atoms with Crippen LogP contribution in [0.2, 0.25) is 0 Å². The zero-order valence-corrected chi connectivity index (χ0v) is 10.6. The number of hydrogen-bond acceptors (Lipinski definition) is 3. The maximum absolute atomic E-state index is 5.40. The van der Waals surface area contributed by atoms with Crippen molar-refractivity contribution in [3.05, 3.63) is 22.4 Å². The third kappa shape index (κ3) is 4.33. The molecule has 0 aliphatic carbocycles. The molecule has 1 aromatic rings. The van der Waals surface area contributed by atoms with E-state index in [1.54, 1.807) is 18.4 Å². The molecule has 86 valence electrons. The molecular weight excluding hydrogens is 206 g/mol. The van der Waals surface area contributed by atoms with Gasteiger partial charge in [0.2, 0.25) is 0 Å². The molecule has 1 aromatic heterocycles. The van der Waals surface area contributed by atoms with Crippen LogP contribution >= 0.6 is 11.3 Å². The van der Waals surface area contributed by atoms with Crippen LogP contribution in [0.5, 0.6) is 0 Å². The van der Waals surface area contributed by atoms with Crippen molar-refractivity contribution in [3.63, 3.8) is 0 Å². The smallest absolute Gasteiger partial charge is 0.0699 e. The highest BCUT2D eigenvalue weighted by molar-refractivity contribution is 7.07. The summed E-state index contributed by atoms with van der Waals surface area (Å²) in [6, 6.07) is 2.61. The molecule has 3 heteroatoms. The van der Waals surface area contributed by atoms with E-state index in [0.717, 1.165) is 19.4 Å². The van der Waals surface area contributed by atoms with E-state index in [4.69, 9.17) is 4.74 Å². The molecule has 0 amide bonds. The fourth-order valence-corrected chi connectivity index (χ4v) is 2.24. The molecule has 0 aromatic carbocycles. The summed E-state index contributed by atoms with van der Waals surface area (Å²) >= 11 is 1.76. The second kappa shape index (κ2) is 6.99. The molecule has 0 aliphatic rings. The summed E-state index contributed by atoms with van der Waals surface area (Å²) in [5, 5.41) is 7.88. The summed E-state index contributed by atoms with van der Waals surface area (Å²) in [4.78, 5) is 0. The summed E-state index contributed by atoms with van der Waals surface area (Å²) in [5.41, 5.74) is 1.40. The predicted octanol–water partition coefficient (Wildman–Crippen LogP) is 2.69. The molecule has 0 bridgehead atoms. The van der Waals surface area contributed by atoms with E-state index in [9.17, 15) is 0 Å². The molecule has 0 spiro atoms. The summed E-state index contributed by atoms with van der Waals surface area (Å²) in [6.45, 7) is 5.37. The van der Waals surface area contributed by atoms with E-state index < -0.39 is 0 Å². The van der Waals surface area contributed by atoms with E-state index in [2.05, 4.69) is 36.0 Å². The van der Waals surface area contributed by atoms with Crippen LogP contribution in [0.3, 0.4) is 0 Å². The van der Waals surface area contributed by atoms with Gasteiger partial charge >= 0.3 is 0 Å². The average Bonchev–Trinajstić information content (AvgIpc) is 2.75. The van der Waals surface area contributed by atoms with Gasteiger partial charge in [0, 0.05) is 13.2 Å². The standard InChI is InChI=1S/C12H21NOS/c1-4-6-13-12(10(2)14-3)8-11-5-7-15-9-11/h5,7,9-10,12-13H,4,6,8H2,1-3H3. The minimum absolute atomic E-state index is 0.261. The second-order valence-electron chi connectivity index (χ2n) is 3.84. The maximum atomic E-state index is 5.40. The number of hydrogen-bond donors (Lipinski definition) is 1. The van der Waals surface area contributed by atoms with Crippen molar-refractivity contribution < 1.29 is 4.74 Å².